The van der Waals surface area contributed by atoms with E-state index in [2.05, 4.69) is 4.98 Å². The van der Waals surface area contributed by atoms with E-state index < -0.39 is 42.4 Å². The Bertz CT molecular complexity index is 941. The van der Waals surface area contributed by atoms with Crippen LogP contribution < -0.4 is 11.3 Å². The van der Waals surface area contributed by atoms with Crippen LogP contribution in [0.25, 0.3) is 10.9 Å². The SMILES string of the molecule is [2H]c1ccc(N)c2c(=O)n(C3C(=O)CC(=O)C([2H])C3[2H])c(C)nc12. The van der Waals surface area contributed by atoms with E-state index in [1.54, 1.807) is 0 Å². The van der Waals surface area contributed by atoms with Crippen molar-refractivity contribution in [3.05, 3.63) is 34.4 Å². The second-order valence-corrected chi connectivity index (χ2v) is 4.90. The molecule has 21 heavy (non-hydrogen) atoms. The number of benzene rings is 1. The molecular weight excluding hydrogens is 270 g/mol. The number of anilines is 1. The van der Waals surface area contributed by atoms with E-state index in [1.165, 1.54) is 19.1 Å². The van der Waals surface area contributed by atoms with Gasteiger partial charge in [0.05, 0.1) is 24.7 Å². The van der Waals surface area contributed by atoms with E-state index in [4.69, 9.17) is 9.85 Å². The van der Waals surface area contributed by atoms with Gasteiger partial charge in [-0.2, -0.15) is 0 Å². The lowest BCUT2D eigenvalue weighted by molar-refractivity contribution is -0.132. The lowest BCUT2D eigenvalue weighted by Crippen LogP contribution is -2.36. The third-order valence-corrected chi connectivity index (χ3v) is 3.48. The minimum absolute atomic E-state index is 0.00605. The first-order valence-electron chi connectivity index (χ1n) is 8.07. The third-order valence-electron chi connectivity index (χ3n) is 3.48. The van der Waals surface area contributed by atoms with Gasteiger partial charge in [0.2, 0.25) is 0 Å². The molecule has 1 heterocycles. The van der Waals surface area contributed by atoms with Gasteiger partial charge < -0.3 is 5.73 Å². The van der Waals surface area contributed by atoms with Gasteiger partial charge in [-0.25, -0.2) is 4.98 Å². The summed E-state index contributed by atoms with van der Waals surface area (Å²) in [5, 5.41) is 0.00605. The van der Waals surface area contributed by atoms with Gasteiger partial charge in [0.1, 0.15) is 11.6 Å². The molecular formula is C15H15N3O3. The van der Waals surface area contributed by atoms with Crippen LogP contribution in [0.3, 0.4) is 0 Å². The van der Waals surface area contributed by atoms with Gasteiger partial charge >= 0.3 is 0 Å². The molecule has 2 aromatic rings. The number of hydrogen-bond donors (Lipinski definition) is 1. The average Bonchev–Trinajstić information content (AvgIpc) is 2.51. The molecule has 0 bridgehead atoms. The molecule has 1 aromatic heterocycles. The van der Waals surface area contributed by atoms with E-state index in [-0.39, 0.29) is 28.5 Å². The van der Waals surface area contributed by atoms with Crippen LogP contribution in [0.5, 0.6) is 0 Å². The van der Waals surface area contributed by atoms with Crippen LogP contribution in [0.2, 0.25) is 0 Å². The van der Waals surface area contributed by atoms with Crippen molar-refractivity contribution in [2.45, 2.75) is 32.2 Å². The number of nitrogen functional groups attached to an aromatic ring is 1. The van der Waals surface area contributed by atoms with E-state index in [9.17, 15) is 14.4 Å². The number of Topliss-reactive ketones (excluding diaryl/α,β-unsaturated/α-hetero) is 2. The van der Waals surface area contributed by atoms with Crippen molar-refractivity contribution in [2.75, 3.05) is 5.73 Å². The Morgan fingerprint density at radius 3 is 3.00 bits per heavy atom. The zero-order valence-electron chi connectivity index (χ0n) is 14.3. The Kier molecular flexibility index (Phi) is 2.35. The molecule has 0 saturated heterocycles. The van der Waals surface area contributed by atoms with Crippen LogP contribution in [0.15, 0.2) is 23.0 Å². The van der Waals surface area contributed by atoms with E-state index in [1.807, 2.05) is 0 Å². The van der Waals surface area contributed by atoms with Crippen molar-refractivity contribution >= 4 is 28.2 Å². The van der Waals surface area contributed by atoms with E-state index >= 15 is 0 Å². The maximum atomic E-state index is 12.9. The first-order chi connectivity index (χ1) is 11.2. The molecule has 3 unspecified atom stereocenters. The fourth-order valence-corrected chi connectivity index (χ4v) is 2.50. The summed E-state index contributed by atoms with van der Waals surface area (Å²) in [4.78, 5) is 40.9. The molecule has 2 N–H and O–H groups in total. The molecule has 1 saturated carbocycles. The monoisotopic (exact) mass is 288 g/mol. The summed E-state index contributed by atoms with van der Waals surface area (Å²) in [5.74, 6) is -1.07. The van der Waals surface area contributed by atoms with Gasteiger partial charge in [-0.05, 0) is 25.4 Å². The maximum Gasteiger partial charge on any atom is 0.264 e. The molecule has 1 fully saturated rings. The van der Waals surface area contributed by atoms with E-state index in [0.29, 0.717) is 0 Å². The Morgan fingerprint density at radius 2 is 2.24 bits per heavy atom. The molecule has 0 radical (unpaired) electrons. The number of ketones is 2. The number of carbonyl (C=O) groups excluding carboxylic acids is 2. The van der Waals surface area contributed by atoms with Crippen LogP contribution in [0.1, 0.15) is 35.2 Å². The quantitative estimate of drug-likeness (QED) is 0.627. The summed E-state index contributed by atoms with van der Waals surface area (Å²) in [6.07, 6.45) is -3.27. The highest BCUT2D eigenvalue weighted by Crippen LogP contribution is 2.24. The Balaban J connectivity index is 2.31. The Hall–Kier alpha value is -2.50. The predicted octanol–water partition coefficient (Wildman–Crippen LogP) is 1.15. The van der Waals surface area contributed by atoms with Crippen LogP contribution in [0, 0.1) is 6.92 Å². The summed E-state index contributed by atoms with van der Waals surface area (Å²) in [6.45, 7) is 1.48. The summed E-state index contributed by atoms with van der Waals surface area (Å²) >= 11 is 0. The number of carbonyl (C=O) groups is 2. The summed E-state index contributed by atoms with van der Waals surface area (Å²) in [7, 11) is 0. The molecule has 1 aromatic carbocycles. The lowest BCUT2D eigenvalue weighted by atomic mass is 9.92. The third kappa shape index (κ3) is 2.12. The molecule has 1 aliphatic carbocycles. The van der Waals surface area contributed by atoms with Crippen molar-refractivity contribution in [3.8, 4) is 0 Å². The van der Waals surface area contributed by atoms with E-state index in [0.717, 1.165) is 4.57 Å². The molecule has 108 valence electrons. The van der Waals surface area contributed by atoms with Crippen molar-refractivity contribution in [1.29, 1.82) is 0 Å². The zero-order chi connectivity index (χ0) is 17.8. The van der Waals surface area contributed by atoms with Gasteiger partial charge in [0.25, 0.3) is 5.56 Å². The summed E-state index contributed by atoms with van der Waals surface area (Å²) < 4.78 is 24.7. The van der Waals surface area contributed by atoms with Crippen LogP contribution in [0.4, 0.5) is 5.69 Å². The number of hydrogen-bond acceptors (Lipinski definition) is 5. The van der Waals surface area contributed by atoms with Crippen molar-refractivity contribution < 1.29 is 13.7 Å². The summed E-state index contributed by atoms with van der Waals surface area (Å²) in [6, 6.07) is 1.59. The van der Waals surface area contributed by atoms with Gasteiger partial charge in [0, 0.05) is 14.8 Å². The van der Waals surface area contributed by atoms with Crippen molar-refractivity contribution in [3.63, 3.8) is 0 Å². The standard InChI is InChI=1S/C15H15N3O3/c1-8-17-11-4-2-3-10(16)14(11)15(21)18(8)12-6-5-9(19)7-13(12)20/h2-4,12H,5-7,16H2,1H3/i4D,5D,6D. The van der Waals surface area contributed by atoms with Gasteiger partial charge in [-0.3, -0.25) is 19.0 Å². The molecule has 6 nitrogen and oxygen atoms in total. The van der Waals surface area contributed by atoms with Crippen molar-refractivity contribution in [2.24, 2.45) is 0 Å². The minimum Gasteiger partial charge on any atom is -0.398 e. The smallest absolute Gasteiger partial charge is 0.264 e. The van der Waals surface area contributed by atoms with Crippen LogP contribution in [-0.4, -0.2) is 21.1 Å². The summed E-state index contributed by atoms with van der Waals surface area (Å²) in [5.41, 5.74) is 5.44. The average molecular weight is 288 g/mol. The van der Waals surface area contributed by atoms with Crippen molar-refractivity contribution in [1.82, 2.24) is 9.55 Å². The molecule has 3 atom stereocenters. The highest BCUT2D eigenvalue weighted by Gasteiger charge is 2.30. The largest absolute Gasteiger partial charge is 0.398 e. The number of aromatic nitrogens is 2. The number of rotatable bonds is 1. The first-order valence-corrected chi connectivity index (χ1v) is 6.42. The molecule has 1 aliphatic rings. The number of nitrogens with zero attached hydrogens (tertiary/aromatic N) is 2. The van der Waals surface area contributed by atoms with Gasteiger partial charge in [-0.15, -0.1) is 0 Å². The van der Waals surface area contributed by atoms with Gasteiger partial charge in [0.15, 0.2) is 5.78 Å². The Morgan fingerprint density at radius 1 is 1.48 bits per heavy atom. The highest BCUT2D eigenvalue weighted by molar-refractivity contribution is 6.03. The van der Waals surface area contributed by atoms with Crippen LogP contribution in [-0.2, 0) is 9.59 Å². The minimum atomic E-state index is -1.39. The molecule has 6 heteroatoms. The molecule has 3 rings (SSSR count). The topological polar surface area (TPSA) is 95.0 Å². The first kappa shape index (κ1) is 10.3. The second-order valence-electron chi connectivity index (χ2n) is 4.90. The fourth-order valence-electron chi connectivity index (χ4n) is 2.50. The highest BCUT2D eigenvalue weighted by atomic mass is 16.2. The molecule has 0 aliphatic heterocycles. The number of nitrogens with two attached hydrogens (primary N) is 1. The second kappa shape index (κ2) is 4.80. The zero-order valence-corrected chi connectivity index (χ0v) is 11.3. The molecule has 0 spiro atoms. The number of aryl methyl sites for hydroxylation is 1. The normalized spacial score (nSPS) is 28.2. The lowest BCUT2D eigenvalue weighted by Gasteiger charge is -2.24. The van der Waals surface area contributed by atoms with Gasteiger partial charge in [-0.1, -0.05) is 6.07 Å². The number of fused-ring (bicyclic) bond motifs is 1. The molecule has 0 amide bonds. The van der Waals surface area contributed by atoms with Crippen LogP contribution >= 0.6 is 0 Å². The predicted molar refractivity (Wildman–Crippen MR) is 78.1 cm³/mol. The fraction of sp³-hybridized carbons (Fsp3) is 0.333. The Labute approximate surface area is 124 Å². The maximum absolute atomic E-state index is 12.9.